The number of benzene rings is 1. The monoisotopic (exact) mass is 264 g/mol. The van der Waals surface area contributed by atoms with Crippen LogP contribution in [-0.2, 0) is 17.8 Å². The van der Waals surface area contributed by atoms with Crippen molar-refractivity contribution in [1.82, 2.24) is 5.32 Å². The van der Waals surface area contributed by atoms with Gasteiger partial charge in [-0.2, -0.15) is 0 Å². The molecule has 0 fully saturated rings. The van der Waals surface area contributed by atoms with E-state index in [4.69, 9.17) is 15.2 Å². The highest BCUT2D eigenvalue weighted by Crippen LogP contribution is 2.35. The van der Waals surface area contributed by atoms with Gasteiger partial charge in [0.2, 0.25) is 5.91 Å². The molecule has 0 aromatic heterocycles. The van der Waals surface area contributed by atoms with Gasteiger partial charge in [-0.1, -0.05) is 0 Å². The van der Waals surface area contributed by atoms with Gasteiger partial charge in [-0.3, -0.25) is 4.79 Å². The quantitative estimate of drug-likeness (QED) is 0.803. The molecule has 1 aromatic carbocycles. The summed E-state index contributed by atoms with van der Waals surface area (Å²) in [7, 11) is 0. The maximum atomic E-state index is 10.7. The van der Waals surface area contributed by atoms with E-state index in [2.05, 4.69) is 5.32 Å². The van der Waals surface area contributed by atoms with Gasteiger partial charge in [0.05, 0.1) is 13.2 Å². The first-order valence-corrected chi connectivity index (χ1v) is 6.54. The highest BCUT2D eigenvalue weighted by molar-refractivity contribution is 5.75. The summed E-state index contributed by atoms with van der Waals surface area (Å²) in [4.78, 5) is 10.7. The highest BCUT2D eigenvalue weighted by atomic mass is 16.5. The SMILES string of the molecule is CCOc1cc2c(cc1CNCC(N)=O)OC(C)C2. The van der Waals surface area contributed by atoms with Crippen molar-refractivity contribution in [2.75, 3.05) is 13.2 Å². The van der Waals surface area contributed by atoms with E-state index in [9.17, 15) is 4.79 Å². The summed E-state index contributed by atoms with van der Waals surface area (Å²) in [6, 6.07) is 4.02. The van der Waals surface area contributed by atoms with Crippen LogP contribution >= 0.6 is 0 Å². The standard InChI is InChI=1S/C14H20N2O3/c1-3-18-12-5-10-4-9(2)19-13(10)6-11(12)7-16-8-14(15)17/h5-6,9,16H,3-4,7-8H2,1-2H3,(H2,15,17). The van der Waals surface area contributed by atoms with Gasteiger partial charge < -0.3 is 20.5 Å². The first kappa shape index (κ1) is 13.7. The topological polar surface area (TPSA) is 73.6 Å². The normalized spacial score (nSPS) is 16.8. The van der Waals surface area contributed by atoms with Gasteiger partial charge in [-0.15, -0.1) is 0 Å². The highest BCUT2D eigenvalue weighted by Gasteiger charge is 2.21. The molecule has 1 aliphatic rings. The number of ether oxygens (including phenoxy) is 2. The van der Waals surface area contributed by atoms with Gasteiger partial charge in [0.1, 0.15) is 17.6 Å². The van der Waals surface area contributed by atoms with E-state index in [1.807, 2.05) is 26.0 Å². The van der Waals surface area contributed by atoms with E-state index in [-0.39, 0.29) is 18.6 Å². The van der Waals surface area contributed by atoms with Crippen LogP contribution in [0, 0.1) is 0 Å². The largest absolute Gasteiger partial charge is 0.494 e. The molecule has 0 aliphatic carbocycles. The number of carbonyl (C=O) groups excluding carboxylic acids is 1. The summed E-state index contributed by atoms with van der Waals surface area (Å²) in [5, 5.41) is 2.99. The van der Waals surface area contributed by atoms with Crippen molar-refractivity contribution in [3.63, 3.8) is 0 Å². The maximum Gasteiger partial charge on any atom is 0.231 e. The van der Waals surface area contributed by atoms with Crippen molar-refractivity contribution < 1.29 is 14.3 Å². The van der Waals surface area contributed by atoms with E-state index in [0.717, 1.165) is 23.5 Å². The maximum absolute atomic E-state index is 10.7. The van der Waals surface area contributed by atoms with E-state index in [1.54, 1.807) is 0 Å². The third-order valence-corrected chi connectivity index (χ3v) is 2.99. The minimum absolute atomic E-state index is 0.153. The summed E-state index contributed by atoms with van der Waals surface area (Å²) in [5.41, 5.74) is 7.26. The molecule has 0 saturated heterocycles. The van der Waals surface area contributed by atoms with Gasteiger partial charge in [0, 0.05) is 24.1 Å². The number of primary amides is 1. The molecule has 3 N–H and O–H groups in total. The Kier molecular flexibility index (Phi) is 4.27. The summed E-state index contributed by atoms with van der Waals surface area (Å²) in [6.07, 6.45) is 1.11. The molecule has 1 aromatic rings. The van der Waals surface area contributed by atoms with Crippen molar-refractivity contribution in [3.8, 4) is 11.5 Å². The third-order valence-electron chi connectivity index (χ3n) is 2.99. The summed E-state index contributed by atoms with van der Waals surface area (Å²) in [6.45, 7) is 5.29. The van der Waals surface area contributed by atoms with Crippen LogP contribution in [0.4, 0.5) is 0 Å². The van der Waals surface area contributed by atoms with Crippen molar-refractivity contribution in [1.29, 1.82) is 0 Å². The molecule has 104 valence electrons. The number of amides is 1. The Morgan fingerprint density at radius 2 is 2.37 bits per heavy atom. The zero-order valence-corrected chi connectivity index (χ0v) is 11.4. The van der Waals surface area contributed by atoms with Crippen molar-refractivity contribution in [2.24, 2.45) is 5.73 Å². The minimum atomic E-state index is -0.371. The zero-order valence-electron chi connectivity index (χ0n) is 11.4. The van der Waals surface area contributed by atoms with Crippen LogP contribution in [0.15, 0.2) is 12.1 Å². The second-order valence-electron chi connectivity index (χ2n) is 4.70. The first-order valence-electron chi connectivity index (χ1n) is 6.54. The fourth-order valence-corrected chi connectivity index (χ4v) is 2.23. The average molecular weight is 264 g/mol. The molecule has 2 rings (SSSR count). The average Bonchev–Trinajstić information content (AvgIpc) is 2.68. The molecule has 5 heteroatoms. The summed E-state index contributed by atoms with van der Waals surface area (Å²) < 4.78 is 11.4. The Morgan fingerprint density at radius 1 is 1.58 bits per heavy atom. The summed E-state index contributed by atoms with van der Waals surface area (Å²) >= 11 is 0. The molecule has 19 heavy (non-hydrogen) atoms. The number of hydrogen-bond acceptors (Lipinski definition) is 4. The lowest BCUT2D eigenvalue weighted by atomic mass is 10.1. The number of nitrogens with two attached hydrogens (primary N) is 1. The predicted molar refractivity (Wildman–Crippen MR) is 72.3 cm³/mol. The summed E-state index contributed by atoms with van der Waals surface area (Å²) in [5.74, 6) is 1.38. The van der Waals surface area contributed by atoms with E-state index in [1.165, 1.54) is 5.56 Å². The second-order valence-corrected chi connectivity index (χ2v) is 4.70. The van der Waals surface area contributed by atoms with Gasteiger partial charge in [-0.25, -0.2) is 0 Å². The molecule has 0 saturated carbocycles. The van der Waals surface area contributed by atoms with E-state index < -0.39 is 0 Å². The fraction of sp³-hybridized carbons (Fsp3) is 0.500. The Bertz CT molecular complexity index is 474. The van der Waals surface area contributed by atoms with Crippen LogP contribution in [0.25, 0.3) is 0 Å². The Hall–Kier alpha value is -1.75. The number of rotatable bonds is 6. The molecule has 1 aliphatic heterocycles. The molecule has 0 bridgehead atoms. The Morgan fingerprint density at radius 3 is 3.05 bits per heavy atom. The van der Waals surface area contributed by atoms with Gasteiger partial charge in [-0.05, 0) is 26.0 Å². The van der Waals surface area contributed by atoms with Gasteiger partial charge in [0.15, 0.2) is 0 Å². The van der Waals surface area contributed by atoms with Crippen LogP contribution < -0.4 is 20.5 Å². The van der Waals surface area contributed by atoms with Crippen LogP contribution in [0.5, 0.6) is 11.5 Å². The van der Waals surface area contributed by atoms with E-state index in [0.29, 0.717) is 13.2 Å². The molecule has 1 amide bonds. The molecular weight excluding hydrogens is 244 g/mol. The Labute approximate surface area is 113 Å². The lowest BCUT2D eigenvalue weighted by molar-refractivity contribution is -0.117. The smallest absolute Gasteiger partial charge is 0.231 e. The lowest BCUT2D eigenvalue weighted by Gasteiger charge is -2.12. The molecule has 0 spiro atoms. The Balaban J connectivity index is 2.15. The molecule has 1 unspecified atom stereocenters. The zero-order chi connectivity index (χ0) is 13.8. The van der Waals surface area contributed by atoms with Crippen molar-refractivity contribution >= 4 is 5.91 Å². The molecule has 1 atom stereocenters. The molecule has 1 heterocycles. The van der Waals surface area contributed by atoms with Crippen molar-refractivity contribution in [2.45, 2.75) is 32.9 Å². The molecule has 0 radical (unpaired) electrons. The predicted octanol–water partition coefficient (Wildman–Crippen LogP) is 0.984. The molecular formula is C14H20N2O3. The van der Waals surface area contributed by atoms with Crippen LogP contribution in [0.1, 0.15) is 25.0 Å². The third kappa shape index (κ3) is 3.38. The van der Waals surface area contributed by atoms with Crippen LogP contribution in [-0.4, -0.2) is 25.2 Å². The van der Waals surface area contributed by atoms with Crippen LogP contribution in [0.3, 0.4) is 0 Å². The minimum Gasteiger partial charge on any atom is -0.494 e. The number of hydrogen-bond donors (Lipinski definition) is 2. The van der Waals surface area contributed by atoms with Gasteiger partial charge >= 0.3 is 0 Å². The molecule has 5 nitrogen and oxygen atoms in total. The van der Waals surface area contributed by atoms with Crippen LogP contribution in [0.2, 0.25) is 0 Å². The lowest BCUT2D eigenvalue weighted by Crippen LogP contribution is -2.28. The van der Waals surface area contributed by atoms with Gasteiger partial charge in [0.25, 0.3) is 0 Å². The van der Waals surface area contributed by atoms with E-state index >= 15 is 0 Å². The number of nitrogens with one attached hydrogen (secondary N) is 1. The van der Waals surface area contributed by atoms with Crippen molar-refractivity contribution in [3.05, 3.63) is 23.3 Å². The second kappa shape index (κ2) is 5.93. The first-order chi connectivity index (χ1) is 9.10. The number of fused-ring (bicyclic) bond motifs is 1. The fourth-order valence-electron chi connectivity index (χ4n) is 2.23. The number of carbonyl (C=O) groups is 1.